The predicted octanol–water partition coefficient (Wildman–Crippen LogP) is 5.11. The Hall–Kier alpha value is -2.98. The molecule has 1 aliphatic rings. The number of nitrogens with one attached hydrogen (secondary N) is 1. The highest BCUT2D eigenvalue weighted by atomic mass is 16.6. The Labute approximate surface area is 243 Å². The topological polar surface area (TPSA) is 102 Å². The second-order valence-corrected chi connectivity index (χ2v) is 9.73. The van der Waals surface area contributed by atoms with Gasteiger partial charge in [-0.25, -0.2) is 4.79 Å². The summed E-state index contributed by atoms with van der Waals surface area (Å²) in [6.45, 7) is 6.86. The second-order valence-electron chi connectivity index (χ2n) is 9.73. The summed E-state index contributed by atoms with van der Waals surface area (Å²) in [5.41, 5.74) is 4.81. The first-order valence-electron chi connectivity index (χ1n) is 14.8. The number of ether oxygens (including phenoxy) is 6. The number of esters is 1. The molecule has 41 heavy (non-hydrogen) atoms. The van der Waals surface area contributed by atoms with Crippen molar-refractivity contribution in [2.45, 2.75) is 44.9 Å². The summed E-state index contributed by atoms with van der Waals surface area (Å²) in [4.78, 5) is 23.7. The van der Waals surface area contributed by atoms with Crippen molar-refractivity contribution in [2.24, 2.45) is 0 Å². The van der Waals surface area contributed by atoms with Crippen molar-refractivity contribution in [1.29, 1.82) is 0 Å². The van der Waals surface area contributed by atoms with E-state index in [0.29, 0.717) is 78.8 Å². The monoisotopic (exact) mass is 571 g/mol. The fourth-order valence-electron chi connectivity index (χ4n) is 4.58. The van der Waals surface area contributed by atoms with Crippen molar-refractivity contribution in [3.63, 3.8) is 0 Å². The molecule has 0 saturated carbocycles. The summed E-state index contributed by atoms with van der Waals surface area (Å²) < 4.78 is 32.5. The van der Waals surface area contributed by atoms with Gasteiger partial charge >= 0.3 is 12.1 Å². The van der Waals surface area contributed by atoms with E-state index >= 15 is 0 Å². The minimum absolute atomic E-state index is 0.0538. The second kappa shape index (κ2) is 20.0. The van der Waals surface area contributed by atoms with Crippen LogP contribution in [0, 0.1) is 0 Å². The van der Waals surface area contributed by atoms with E-state index in [0.717, 1.165) is 19.3 Å². The maximum absolute atomic E-state index is 12.2. The van der Waals surface area contributed by atoms with Crippen molar-refractivity contribution in [3.05, 3.63) is 59.7 Å². The average Bonchev–Trinajstić information content (AvgIpc) is 3.31. The SMILES string of the molecule is CCCCCC(=O)OCCOCCOCCOCCOCCCNC(=O)OCC1c2ccccc2-c2ccccc21. The predicted molar refractivity (Wildman–Crippen MR) is 156 cm³/mol. The molecule has 0 bridgehead atoms. The van der Waals surface area contributed by atoms with E-state index in [9.17, 15) is 9.59 Å². The molecule has 2 aromatic carbocycles. The van der Waals surface area contributed by atoms with Gasteiger partial charge in [0.15, 0.2) is 0 Å². The van der Waals surface area contributed by atoms with Crippen molar-refractivity contribution >= 4 is 12.1 Å². The average molecular weight is 572 g/mol. The molecule has 0 heterocycles. The van der Waals surface area contributed by atoms with Crippen LogP contribution in [0.15, 0.2) is 48.5 Å². The summed E-state index contributed by atoms with van der Waals surface area (Å²) >= 11 is 0. The number of amides is 1. The molecule has 0 aromatic heterocycles. The fourth-order valence-corrected chi connectivity index (χ4v) is 4.58. The number of hydrogen-bond acceptors (Lipinski definition) is 8. The van der Waals surface area contributed by atoms with E-state index in [1.54, 1.807) is 0 Å². The zero-order valence-electron chi connectivity index (χ0n) is 24.3. The Balaban J connectivity index is 1.08. The standard InChI is InChI=1S/C32H45NO8/c1-2-3-4-14-31(34)40-24-23-39-22-21-38-20-19-37-18-17-36-16-9-15-33-32(35)41-25-30-28-12-7-5-10-26(28)27-11-6-8-13-29(27)30/h5-8,10-13,30H,2-4,9,14-25H2,1H3,(H,33,35). The third kappa shape index (κ3) is 12.2. The van der Waals surface area contributed by atoms with E-state index in [1.807, 2.05) is 24.3 Å². The molecule has 0 aliphatic heterocycles. The van der Waals surface area contributed by atoms with Gasteiger partial charge in [-0.2, -0.15) is 0 Å². The van der Waals surface area contributed by atoms with Crippen LogP contribution in [0.3, 0.4) is 0 Å². The number of carbonyl (C=O) groups is 2. The Bertz CT molecular complexity index is 985. The quantitative estimate of drug-likeness (QED) is 0.154. The molecule has 0 radical (unpaired) electrons. The highest BCUT2D eigenvalue weighted by Crippen LogP contribution is 2.44. The van der Waals surface area contributed by atoms with Crippen LogP contribution in [0.1, 0.15) is 56.1 Å². The van der Waals surface area contributed by atoms with E-state index in [1.165, 1.54) is 22.3 Å². The van der Waals surface area contributed by atoms with Gasteiger partial charge in [-0.05, 0) is 35.1 Å². The lowest BCUT2D eigenvalue weighted by Gasteiger charge is -2.14. The van der Waals surface area contributed by atoms with E-state index in [-0.39, 0.29) is 18.5 Å². The Kier molecular flexibility index (Phi) is 15.9. The molecule has 1 amide bonds. The molecular weight excluding hydrogens is 526 g/mol. The minimum Gasteiger partial charge on any atom is -0.463 e. The first kappa shape index (κ1) is 32.5. The molecule has 0 atom stereocenters. The third-order valence-corrected chi connectivity index (χ3v) is 6.67. The van der Waals surface area contributed by atoms with Gasteiger partial charge in [0.05, 0.1) is 46.2 Å². The van der Waals surface area contributed by atoms with Crippen molar-refractivity contribution < 1.29 is 38.0 Å². The van der Waals surface area contributed by atoms with E-state index < -0.39 is 6.09 Å². The van der Waals surface area contributed by atoms with Gasteiger partial charge in [-0.3, -0.25) is 4.79 Å². The number of carbonyl (C=O) groups excluding carboxylic acids is 2. The van der Waals surface area contributed by atoms with Crippen LogP contribution < -0.4 is 5.32 Å². The van der Waals surface area contributed by atoms with Crippen LogP contribution in [-0.4, -0.2) is 84.7 Å². The number of benzene rings is 2. The minimum atomic E-state index is -0.415. The summed E-state index contributed by atoms with van der Waals surface area (Å²) in [6.07, 6.45) is 3.75. The Morgan fingerprint density at radius 3 is 1.78 bits per heavy atom. The molecular formula is C32H45NO8. The van der Waals surface area contributed by atoms with Gasteiger partial charge in [-0.15, -0.1) is 0 Å². The Morgan fingerprint density at radius 1 is 0.659 bits per heavy atom. The van der Waals surface area contributed by atoms with Crippen LogP contribution in [0.4, 0.5) is 4.79 Å². The number of fused-ring (bicyclic) bond motifs is 3. The van der Waals surface area contributed by atoms with Crippen LogP contribution in [0.2, 0.25) is 0 Å². The first-order valence-corrected chi connectivity index (χ1v) is 14.8. The Morgan fingerprint density at radius 2 is 1.20 bits per heavy atom. The fraction of sp³-hybridized carbons (Fsp3) is 0.562. The van der Waals surface area contributed by atoms with Gasteiger partial charge in [0.25, 0.3) is 0 Å². The van der Waals surface area contributed by atoms with Gasteiger partial charge in [0.2, 0.25) is 0 Å². The molecule has 226 valence electrons. The molecule has 0 spiro atoms. The number of rotatable bonds is 22. The molecule has 0 fully saturated rings. The lowest BCUT2D eigenvalue weighted by Crippen LogP contribution is -2.27. The van der Waals surface area contributed by atoms with Gasteiger partial charge in [0, 0.05) is 25.5 Å². The summed E-state index contributed by atoms with van der Waals surface area (Å²) in [6, 6.07) is 16.6. The van der Waals surface area contributed by atoms with Crippen molar-refractivity contribution in [2.75, 3.05) is 72.6 Å². The molecule has 0 unspecified atom stereocenters. The highest BCUT2D eigenvalue weighted by molar-refractivity contribution is 5.79. The molecule has 9 nitrogen and oxygen atoms in total. The van der Waals surface area contributed by atoms with Crippen LogP contribution in [-0.2, 0) is 33.2 Å². The third-order valence-electron chi connectivity index (χ3n) is 6.67. The molecule has 2 aromatic rings. The van der Waals surface area contributed by atoms with E-state index in [2.05, 4.69) is 36.5 Å². The molecule has 1 N–H and O–H groups in total. The maximum atomic E-state index is 12.2. The lowest BCUT2D eigenvalue weighted by atomic mass is 9.98. The lowest BCUT2D eigenvalue weighted by molar-refractivity contribution is -0.145. The van der Waals surface area contributed by atoms with E-state index in [4.69, 9.17) is 28.4 Å². The summed E-state index contributed by atoms with van der Waals surface area (Å²) in [5.74, 6) is -0.109. The highest BCUT2D eigenvalue weighted by Gasteiger charge is 2.28. The number of alkyl carbamates (subject to hydrolysis) is 1. The normalized spacial score (nSPS) is 12.1. The van der Waals surface area contributed by atoms with Crippen LogP contribution in [0.5, 0.6) is 0 Å². The maximum Gasteiger partial charge on any atom is 0.407 e. The largest absolute Gasteiger partial charge is 0.463 e. The van der Waals surface area contributed by atoms with Crippen molar-refractivity contribution in [1.82, 2.24) is 5.32 Å². The molecule has 1 aliphatic carbocycles. The van der Waals surface area contributed by atoms with Gasteiger partial charge in [-0.1, -0.05) is 68.3 Å². The number of unbranched alkanes of at least 4 members (excludes halogenated alkanes) is 2. The van der Waals surface area contributed by atoms with Gasteiger partial charge < -0.3 is 33.7 Å². The van der Waals surface area contributed by atoms with Crippen LogP contribution in [0.25, 0.3) is 11.1 Å². The van der Waals surface area contributed by atoms with Crippen molar-refractivity contribution in [3.8, 4) is 11.1 Å². The molecule has 0 saturated heterocycles. The molecule has 9 heteroatoms. The van der Waals surface area contributed by atoms with Gasteiger partial charge in [0.1, 0.15) is 13.2 Å². The number of hydrogen-bond donors (Lipinski definition) is 1. The van der Waals surface area contributed by atoms with Crippen LogP contribution >= 0.6 is 0 Å². The molecule has 3 rings (SSSR count). The zero-order valence-corrected chi connectivity index (χ0v) is 24.3. The summed E-state index contributed by atoms with van der Waals surface area (Å²) in [5, 5.41) is 2.79. The smallest absolute Gasteiger partial charge is 0.407 e. The summed E-state index contributed by atoms with van der Waals surface area (Å²) in [7, 11) is 0. The first-order chi connectivity index (χ1) is 20.2. The zero-order chi connectivity index (χ0) is 29.0.